The molecular formula is C19H21ClN2O3. The summed E-state index contributed by atoms with van der Waals surface area (Å²) in [4.78, 5) is 26.8. The van der Waals surface area contributed by atoms with Crippen molar-refractivity contribution in [3.63, 3.8) is 0 Å². The molecule has 0 aliphatic carbocycles. The van der Waals surface area contributed by atoms with Crippen molar-refractivity contribution in [3.8, 4) is 0 Å². The molecule has 0 saturated carbocycles. The smallest absolute Gasteiger partial charge is 0.255 e. The Bertz CT molecular complexity index is 772. The van der Waals surface area contributed by atoms with Crippen molar-refractivity contribution in [2.45, 2.75) is 26.3 Å². The van der Waals surface area contributed by atoms with Crippen LogP contribution in [0.5, 0.6) is 0 Å². The Balaban J connectivity index is 1.59. The highest BCUT2D eigenvalue weighted by Gasteiger charge is 2.29. The van der Waals surface area contributed by atoms with Crippen molar-refractivity contribution in [3.05, 3.63) is 58.5 Å². The summed E-state index contributed by atoms with van der Waals surface area (Å²) in [7, 11) is 0. The molecule has 2 aromatic rings. The summed E-state index contributed by atoms with van der Waals surface area (Å²) in [6, 6.07) is 10.7. The summed E-state index contributed by atoms with van der Waals surface area (Å²) in [6.45, 7) is 3.28. The van der Waals surface area contributed by atoms with Crippen LogP contribution in [-0.4, -0.2) is 29.8 Å². The van der Waals surface area contributed by atoms with Crippen LogP contribution in [-0.2, 0) is 11.3 Å². The molecule has 1 N–H and O–H groups in total. The van der Waals surface area contributed by atoms with Gasteiger partial charge in [0.15, 0.2) is 0 Å². The number of amides is 2. The number of carbonyl (C=O) groups excluding carboxylic acids is 2. The van der Waals surface area contributed by atoms with Gasteiger partial charge in [-0.1, -0.05) is 23.7 Å². The van der Waals surface area contributed by atoms with Crippen LogP contribution in [0.4, 0.5) is 0 Å². The van der Waals surface area contributed by atoms with Crippen molar-refractivity contribution in [2.75, 3.05) is 13.1 Å². The molecule has 1 unspecified atom stereocenters. The van der Waals surface area contributed by atoms with Crippen LogP contribution in [0.2, 0.25) is 5.02 Å². The summed E-state index contributed by atoms with van der Waals surface area (Å²) in [5.74, 6) is 1.16. The van der Waals surface area contributed by atoms with Gasteiger partial charge < -0.3 is 14.6 Å². The normalized spacial score (nSPS) is 17.4. The van der Waals surface area contributed by atoms with Gasteiger partial charge in [0.2, 0.25) is 5.91 Å². The quantitative estimate of drug-likeness (QED) is 0.908. The average molecular weight is 361 g/mol. The molecule has 1 aromatic carbocycles. The Labute approximate surface area is 151 Å². The number of aryl methyl sites for hydroxylation is 1. The Morgan fingerprint density at radius 1 is 1.28 bits per heavy atom. The first kappa shape index (κ1) is 17.5. The minimum atomic E-state index is -0.212. The lowest BCUT2D eigenvalue weighted by Gasteiger charge is -2.32. The molecule has 1 atom stereocenters. The van der Waals surface area contributed by atoms with E-state index in [4.69, 9.17) is 16.0 Å². The zero-order valence-electron chi connectivity index (χ0n) is 14.1. The maximum Gasteiger partial charge on any atom is 0.255 e. The number of piperidine rings is 1. The number of rotatable bonds is 4. The van der Waals surface area contributed by atoms with Gasteiger partial charge in [-0.05, 0) is 44.0 Å². The predicted octanol–water partition coefficient (Wildman–Crippen LogP) is 3.41. The molecule has 0 radical (unpaired) electrons. The monoisotopic (exact) mass is 360 g/mol. The third-order valence-electron chi connectivity index (χ3n) is 4.42. The standard InChI is InChI=1S/C19H21ClN2O3/c1-13-8-9-15(25-13)11-21-18(23)14-5-4-10-22(12-14)19(24)16-6-2-3-7-17(16)20/h2-3,6-9,14H,4-5,10-12H2,1H3,(H,21,23). The lowest BCUT2D eigenvalue weighted by molar-refractivity contribution is -0.126. The number of hydrogen-bond donors (Lipinski definition) is 1. The van der Waals surface area contributed by atoms with E-state index in [-0.39, 0.29) is 17.7 Å². The fourth-order valence-corrected chi connectivity index (χ4v) is 3.30. The molecule has 1 saturated heterocycles. The lowest BCUT2D eigenvalue weighted by atomic mass is 9.96. The SMILES string of the molecule is Cc1ccc(CNC(=O)C2CCCN(C(=O)c3ccccc3Cl)C2)o1. The molecule has 2 heterocycles. The first-order chi connectivity index (χ1) is 12.0. The minimum absolute atomic E-state index is 0.0503. The van der Waals surface area contributed by atoms with Crippen LogP contribution in [0, 0.1) is 12.8 Å². The predicted molar refractivity (Wildman–Crippen MR) is 95.4 cm³/mol. The molecule has 1 aliphatic heterocycles. The van der Waals surface area contributed by atoms with Crippen molar-refractivity contribution < 1.29 is 14.0 Å². The Kier molecular flexibility index (Phi) is 5.43. The van der Waals surface area contributed by atoms with Crippen LogP contribution < -0.4 is 5.32 Å². The number of likely N-dealkylation sites (tertiary alicyclic amines) is 1. The molecule has 132 valence electrons. The zero-order valence-corrected chi connectivity index (χ0v) is 14.9. The number of furan rings is 1. The molecule has 0 bridgehead atoms. The van der Waals surface area contributed by atoms with E-state index in [0.29, 0.717) is 30.2 Å². The third kappa shape index (κ3) is 4.23. The molecule has 25 heavy (non-hydrogen) atoms. The van der Waals surface area contributed by atoms with E-state index >= 15 is 0 Å². The fraction of sp³-hybridized carbons (Fsp3) is 0.368. The number of benzene rings is 1. The second kappa shape index (κ2) is 7.74. The highest BCUT2D eigenvalue weighted by atomic mass is 35.5. The van der Waals surface area contributed by atoms with E-state index in [1.165, 1.54) is 0 Å². The van der Waals surface area contributed by atoms with Gasteiger partial charge in [0, 0.05) is 13.1 Å². The largest absolute Gasteiger partial charge is 0.465 e. The van der Waals surface area contributed by atoms with Gasteiger partial charge in [-0.2, -0.15) is 0 Å². The van der Waals surface area contributed by atoms with Gasteiger partial charge >= 0.3 is 0 Å². The van der Waals surface area contributed by atoms with E-state index < -0.39 is 0 Å². The summed E-state index contributed by atoms with van der Waals surface area (Å²) < 4.78 is 5.46. The molecule has 1 aliphatic rings. The van der Waals surface area contributed by atoms with Crippen molar-refractivity contribution in [2.24, 2.45) is 5.92 Å². The molecule has 0 spiro atoms. The van der Waals surface area contributed by atoms with E-state index in [9.17, 15) is 9.59 Å². The molecule has 2 amide bonds. The second-order valence-electron chi connectivity index (χ2n) is 6.30. The maximum absolute atomic E-state index is 12.7. The van der Waals surface area contributed by atoms with Gasteiger partial charge in [0.05, 0.1) is 23.0 Å². The van der Waals surface area contributed by atoms with Gasteiger partial charge in [-0.15, -0.1) is 0 Å². The number of halogens is 1. The van der Waals surface area contributed by atoms with Gasteiger partial charge in [-0.3, -0.25) is 9.59 Å². The van der Waals surface area contributed by atoms with Crippen LogP contribution in [0.1, 0.15) is 34.7 Å². The number of nitrogens with zero attached hydrogens (tertiary/aromatic N) is 1. The van der Waals surface area contributed by atoms with Crippen molar-refractivity contribution >= 4 is 23.4 Å². The average Bonchev–Trinajstić information content (AvgIpc) is 3.05. The van der Waals surface area contributed by atoms with E-state index in [1.807, 2.05) is 19.1 Å². The number of nitrogens with one attached hydrogen (secondary N) is 1. The molecule has 1 aromatic heterocycles. The number of hydrogen-bond acceptors (Lipinski definition) is 3. The Morgan fingerprint density at radius 3 is 2.80 bits per heavy atom. The second-order valence-corrected chi connectivity index (χ2v) is 6.71. The maximum atomic E-state index is 12.7. The highest BCUT2D eigenvalue weighted by Crippen LogP contribution is 2.22. The Morgan fingerprint density at radius 2 is 2.08 bits per heavy atom. The number of carbonyl (C=O) groups is 2. The third-order valence-corrected chi connectivity index (χ3v) is 4.75. The molecule has 3 rings (SSSR count). The molecular weight excluding hydrogens is 340 g/mol. The van der Waals surface area contributed by atoms with E-state index in [2.05, 4.69) is 5.32 Å². The summed E-state index contributed by atoms with van der Waals surface area (Å²) >= 11 is 6.12. The zero-order chi connectivity index (χ0) is 17.8. The molecule has 1 fully saturated rings. The first-order valence-corrected chi connectivity index (χ1v) is 8.79. The van der Waals surface area contributed by atoms with E-state index in [0.717, 1.165) is 24.4 Å². The van der Waals surface area contributed by atoms with Crippen LogP contribution >= 0.6 is 11.6 Å². The van der Waals surface area contributed by atoms with Gasteiger partial charge in [-0.25, -0.2) is 0 Å². The van der Waals surface area contributed by atoms with Crippen LogP contribution in [0.15, 0.2) is 40.8 Å². The highest BCUT2D eigenvalue weighted by molar-refractivity contribution is 6.33. The topological polar surface area (TPSA) is 62.6 Å². The van der Waals surface area contributed by atoms with Crippen molar-refractivity contribution in [1.29, 1.82) is 0 Å². The minimum Gasteiger partial charge on any atom is -0.465 e. The summed E-state index contributed by atoms with van der Waals surface area (Å²) in [5.41, 5.74) is 0.483. The first-order valence-electron chi connectivity index (χ1n) is 8.41. The Hall–Kier alpha value is -2.27. The van der Waals surface area contributed by atoms with Crippen LogP contribution in [0.3, 0.4) is 0 Å². The fourth-order valence-electron chi connectivity index (χ4n) is 3.08. The molecule has 5 nitrogen and oxygen atoms in total. The van der Waals surface area contributed by atoms with Gasteiger partial charge in [0.1, 0.15) is 11.5 Å². The van der Waals surface area contributed by atoms with Crippen LogP contribution in [0.25, 0.3) is 0 Å². The summed E-state index contributed by atoms with van der Waals surface area (Å²) in [5, 5.41) is 3.33. The van der Waals surface area contributed by atoms with Crippen molar-refractivity contribution in [1.82, 2.24) is 10.2 Å². The summed E-state index contributed by atoms with van der Waals surface area (Å²) in [6.07, 6.45) is 1.57. The van der Waals surface area contributed by atoms with Gasteiger partial charge in [0.25, 0.3) is 5.91 Å². The lowest BCUT2D eigenvalue weighted by Crippen LogP contribution is -2.45. The van der Waals surface area contributed by atoms with E-state index in [1.54, 1.807) is 29.2 Å². The molecule has 6 heteroatoms.